The predicted octanol–water partition coefficient (Wildman–Crippen LogP) is 4.96. The summed E-state index contributed by atoms with van der Waals surface area (Å²) < 4.78 is 47.1. The molecule has 0 heterocycles. The summed E-state index contributed by atoms with van der Waals surface area (Å²) in [5.74, 6) is -0.592. The molecule has 0 saturated heterocycles. The highest BCUT2D eigenvalue weighted by molar-refractivity contribution is 14.1. The molecule has 0 amide bonds. The lowest BCUT2D eigenvalue weighted by Gasteiger charge is -2.10. The van der Waals surface area contributed by atoms with E-state index in [9.17, 15) is 18.0 Å². The maximum atomic E-state index is 12.8. The number of esters is 1. The average Bonchev–Trinajstić information content (AvgIpc) is 2.68. The molecule has 0 aliphatic carbocycles. The molecule has 0 spiro atoms. The molecule has 0 N–H and O–H groups in total. The van der Waals surface area contributed by atoms with Crippen molar-refractivity contribution >= 4 is 40.3 Å². The zero-order chi connectivity index (χ0) is 20.7. The van der Waals surface area contributed by atoms with E-state index in [0.29, 0.717) is 22.4 Å². The van der Waals surface area contributed by atoms with E-state index in [2.05, 4.69) is 8.36 Å². The van der Waals surface area contributed by atoms with Crippen molar-refractivity contribution in [1.82, 2.24) is 0 Å². The summed E-state index contributed by atoms with van der Waals surface area (Å²) in [6, 6.07) is 11.7. The summed E-state index contributed by atoms with van der Waals surface area (Å²) in [5.41, 5.74) is 1.11. The van der Waals surface area contributed by atoms with Crippen LogP contribution in [-0.4, -0.2) is 24.5 Å². The standard InChI is InChI=1S/C19H16F3IN2O3/c1-12(13-7-5-8-15(10-13)19(20,21)22)25-28-11-14-6-3-4-9-16(14)17(24-23)18(26)27-2/h3-10H,11H2,1-2H3/b24-17+,25-12+. The number of carbonyl (C=O) groups is 1. The molecule has 0 radical (unpaired) electrons. The largest absolute Gasteiger partial charge is 0.464 e. The minimum atomic E-state index is -4.43. The summed E-state index contributed by atoms with van der Waals surface area (Å²) in [7, 11) is 1.26. The summed E-state index contributed by atoms with van der Waals surface area (Å²) in [4.78, 5) is 17.2. The smallest absolute Gasteiger partial charge is 0.416 e. The van der Waals surface area contributed by atoms with E-state index in [-0.39, 0.29) is 12.3 Å². The molecule has 0 fully saturated rings. The monoisotopic (exact) mass is 504 g/mol. The van der Waals surface area contributed by atoms with Gasteiger partial charge in [-0.05, 0) is 24.6 Å². The van der Waals surface area contributed by atoms with Gasteiger partial charge in [-0.15, -0.1) is 0 Å². The Morgan fingerprint density at radius 1 is 1.14 bits per heavy atom. The van der Waals surface area contributed by atoms with Gasteiger partial charge >= 0.3 is 12.1 Å². The molecule has 28 heavy (non-hydrogen) atoms. The molecule has 2 rings (SSSR count). The molecule has 5 nitrogen and oxygen atoms in total. The number of halogens is 4. The molecular weight excluding hydrogens is 488 g/mol. The number of hydrogen-bond donors (Lipinski definition) is 0. The first kappa shape index (κ1) is 21.9. The first-order chi connectivity index (χ1) is 13.3. The molecule has 0 aliphatic rings. The van der Waals surface area contributed by atoms with Gasteiger partial charge in [0, 0.05) is 11.1 Å². The number of carbonyl (C=O) groups excluding carboxylic acids is 1. The third-order valence-electron chi connectivity index (χ3n) is 3.76. The second kappa shape index (κ2) is 9.67. The predicted molar refractivity (Wildman–Crippen MR) is 107 cm³/mol. The third kappa shape index (κ3) is 5.54. The van der Waals surface area contributed by atoms with Crippen molar-refractivity contribution in [3.05, 3.63) is 70.8 Å². The van der Waals surface area contributed by atoms with E-state index >= 15 is 0 Å². The van der Waals surface area contributed by atoms with Crippen molar-refractivity contribution in [2.24, 2.45) is 8.36 Å². The summed E-state index contributed by atoms with van der Waals surface area (Å²) in [6.07, 6.45) is -4.43. The Hall–Kier alpha value is -2.43. The van der Waals surface area contributed by atoms with Gasteiger partial charge in [-0.1, -0.05) is 41.6 Å². The molecule has 0 bridgehead atoms. The van der Waals surface area contributed by atoms with Crippen molar-refractivity contribution in [2.75, 3.05) is 7.11 Å². The molecule has 2 aromatic carbocycles. The maximum absolute atomic E-state index is 12.8. The van der Waals surface area contributed by atoms with Crippen LogP contribution < -0.4 is 0 Å². The Labute approximate surface area is 173 Å². The number of methoxy groups -OCH3 is 1. The van der Waals surface area contributed by atoms with Crippen molar-refractivity contribution in [2.45, 2.75) is 19.7 Å². The highest BCUT2D eigenvalue weighted by atomic mass is 127. The summed E-state index contributed by atoms with van der Waals surface area (Å²) in [5, 5.41) is 3.90. The fourth-order valence-corrected chi connectivity index (χ4v) is 2.79. The number of hydrogen-bond acceptors (Lipinski definition) is 5. The van der Waals surface area contributed by atoms with Crippen LogP contribution in [0.15, 0.2) is 56.9 Å². The van der Waals surface area contributed by atoms with E-state index in [1.165, 1.54) is 19.2 Å². The van der Waals surface area contributed by atoms with Crippen LogP contribution in [0.5, 0.6) is 0 Å². The molecule has 0 saturated carbocycles. The van der Waals surface area contributed by atoms with Crippen LogP contribution in [0.25, 0.3) is 0 Å². The first-order valence-corrected chi connectivity index (χ1v) is 8.94. The molecule has 0 aliphatic heterocycles. The van der Waals surface area contributed by atoms with Crippen LogP contribution in [0.4, 0.5) is 13.2 Å². The third-order valence-corrected chi connectivity index (χ3v) is 4.25. The molecule has 148 valence electrons. The number of alkyl halides is 3. The number of benzene rings is 2. The minimum absolute atomic E-state index is 0.000864. The van der Waals surface area contributed by atoms with E-state index in [0.717, 1.165) is 12.1 Å². The fraction of sp³-hybridized carbons (Fsp3) is 0.211. The van der Waals surface area contributed by atoms with Crippen LogP contribution in [-0.2, 0) is 27.2 Å². The Morgan fingerprint density at radius 2 is 1.86 bits per heavy atom. The van der Waals surface area contributed by atoms with E-state index < -0.39 is 17.7 Å². The summed E-state index contributed by atoms with van der Waals surface area (Å²) >= 11 is 1.70. The second-order valence-corrected chi connectivity index (χ2v) is 6.09. The Balaban J connectivity index is 2.18. The van der Waals surface area contributed by atoms with E-state index in [4.69, 9.17) is 9.57 Å². The molecule has 0 atom stereocenters. The number of rotatable bonds is 6. The van der Waals surface area contributed by atoms with E-state index in [1.54, 1.807) is 54.1 Å². The molecular formula is C19H16F3IN2O3. The van der Waals surface area contributed by atoms with Gasteiger partial charge in [0.15, 0.2) is 5.71 Å². The zero-order valence-corrected chi connectivity index (χ0v) is 17.1. The number of oxime groups is 1. The lowest BCUT2D eigenvalue weighted by Crippen LogP contribution is -2.18. The topological polar surface area (TPSA) is 60.2 Å². The van der Waals surface area contributed by atoms with Gasteiger partial charge in [0.1, 0.15) is 6.61 Å². The molecule has 2 aromatic rings. The van der Waals surface area contributed by atoms with Gasteiger partial charge in [0.2, 0.25) is 0 Å². The van der Waals surface area contributed by atoms with Crippen molar-refractivity contribution in [3.63, 3.8) is 0 Å². The average molecular weight is 504 g/mol. The number of nitrogens with zero attached hydrogens (tertiary/aromatic N) is 2. The van der Waals surface area contributed by atoms with Gasteiger partial charge in [-0.3, -0.25) is 0 Å². The van der Waals surface area contributed by atoms with Crippen LogP contribution in [0, 0.1) is 0 Å². The fourth-order valence-electron chi connectivity index (χ4n) is 2.34. The van der Waals surface area contributed by atoms with Crippen molar-refractivity contribution < 1.29 is 27.5 Å². The second-order valence-electron chi connectivity index (χ2n) is 5.61. The normalized spacial score (nSPS) is 12.6. The van der Waals surface area contributed by atoms with Gasteiger partial charge in [0.05, 0.1) is 41.2 Å². The molecule has 0 unspecified atom stereocenters. The minimum Gasteiger partial charge on any atom is -0.464 e. The zero-order valence-electron chi connectivity index (χ0n) is 15.0. The highest BCUT2D eigenvalue weighted by Crippen LogP contribution is 2.29. The van der Waals surface area contributed by atoms with Crippen molar-refractivity contribution in [1.29, 1.82) is 0 Å². The lowest BCUT2D eigenvalue weighted by molar-refractivity contribution is -0.137. The summed E-state index contributed by atoms with van der Waals surface area (Å²) in [6.45, 7) is 1.55. The molecule has 0 aromatic heterocycles. The first-order valence-electron chi connectivity index (χ1n) is 7.97. The quantitative estimate of drug-likeness (QED) is 0.242. The van der Waals surface area contributed by atoms with Crippen molar-refractivity contribution in [3.8, 4) is 0 Å². The van der Waals surface area contributed by atoms with Crippen LogP contribution >= 0.6 is 22.9 Å². The van der Waals surface area contributed by atoms with E-state index in [1.807, 2.05) is 0 Å². The SMILES string of the molecule is COC(=O)/C(=N/I)c1ccccc1CO/N=C(\C)c1cccc(C(F)(F)F)c1. The Bertz CT molecular complexity index is 911. The number of ether oxygens (including phenoxy) is 1. The van der Waals surface area contributed by atoms with Gasteiger partial charge in [-0.25, -0.2) is 8.00 Å². The van der Waals surface area contributed by atoms with Gasteiger partial charge < -0.3 is 9.57 Å². The van der Waals surface area contributed by atoms with Gasteiger partial charge in [0.25, 0.3) is 0 Å². The van der Waals surface area contributed by atoms with Crippen LogP contribution in [0.3, 0.4) is 0 Å². The van der Waals surface area contributed by atoms with Gasteiger partial charge in [-0.2, -0.15) is 13.2 Å². The molecule has 9 heteroatoms. The maximum Gasteiger partial charge on any atom is 0.416 e. The van der Waals surface area contributed by atoms with Crippen LogP contribution in [0.2, 0.25) is 0 Å². The Kier molecular flexibility index (Phi) is 7.55. The lowest BCUT2D eigenvalue weighted by atomic mass is 10.0. The highest BCUT2D eigenvalue weighted by Gasteiger charge is 2.30. The Morgan fingerprint density at radius 3 is 2.50 bits per heavy atom. The van der Waals surface area contributed by atoms with Crippen LogP contribution in [0.1, 0.15) is 29.2 Å².